The maximum Gasteiger partial charge on any atom is 0.251 e. The molecule has 0 atom stereocenters. The lowest BCUT2D eigenvalue weighted by Gasteiger charge is -2.10. The van der Waals surface area contributed by atoms with Crippen molar-refractivity contribution in [2.45, 2.75) is 13.5 Å². The normalized spacial score (nSPS) is 10.4. The molecule has 0 aliphatic heterocycles. The van der Waals surface area contributed by atoms with Crippen LogP contribution in [0.25, 0.3) is 11.3 Å². The van der Waals surface area contributed by atoms with Crippen LogP contribution in [0.4, 0.5) is 11.5 Å². The number of aromatic nitrogens is 2. The van der Waals surface area contributed by atoms with Crippen molar-refractivity contribution in [3.8, 4) is 17.0 Å². The highest BCUT2D eigenvalue weighted by molar-refractivity contribution is 5.95. The third-order valence-corrected chi connectivity index (χ3v) is 4.97. The minimum absolute atomic E-state index is 0.153. The van der Waals surface area contributed by atoms with Gasteiger partial charge < -0.3 is 15.4 Å². The van der Waals surface area contributed by atoms with Gasteiger partial charge in [-0.3, -0.25) is 4.79 Å². The summed E-state index contributed by atoms with van der Waals surface area (Å²) >= 11 is 0. The lowest BCUT2D eigenvalue weighted by Crippen LogP contribution is -2.22. The van der Waals surface area contributed by atoms with Gasteiger partial charge in [-0.25, -0.2) is 9.97 Å². The van der Waals surface area contributed by atoms with Crippen LogP contribution in [0.5, 0.6) is 5.75 Å². The van der Waals surface area contributed by atoms with Crippen LogP contribution in [0.3, 0.4) is 0 Å². The molecule has 0 aliphatic carbocycles. The molecule has 0 fully saturated rings. The van der Waals surface area contributed by atoms with Crippen molar-refractivity contribution in [3.05, 3.63) is 102 Å². The van der Waals surface area contributed by atoms with Crippen LogP contribution in [0, 0.1) is 6.92 Å². The van der Waals surface area contributed by atoms with Gasteiger partial charge in [0, 0.05) is 29.4 Å². The molecular weight excluding hydrogens is 400 g/mol. The minimum Gasteiger partial charge on any atom is -0.497 e. The molecule has 6 heteroatoms. The second kappa shape index (κ2) is 9.75. The van der Waals surface area contributed by atoms with Crippen LogP contribution in [-0.2, 0) is 6.54 Å². The zero-order chi connectivity index (χ0) is 22.3. The van der Waals surface area contributed by atoms with E-state index in [2.05, 4.69) is 39.7 Å². The number of hydrogen-bond donors (Lipinski definition) is 2. The van der Waals surface area contributed by atoms with Gasteiger partial charge in [-0.15, -0.1) is 0 Å². The highest BCUT2D eigenvalue weighted by atomic mass is 16.5. The Kier molecular flexibility index (Phi) is 6.41. The van der Waals surface area contributed by atoms with Crippen LogP contribution in [-0.4, -0.2) is 23.0 Å². The van der Waals surface area contributed by atoms with Crippen molar-refractivity contribution in [2.75, 3.05) is 12.4 Å². The van der Waals surface area contributed by atoms with Gasteiger partial charge in [0.15, 0.2) is 0 Å². The van der Waals surface area contributed by atoms with E-state index in [1.165, 1.54) is 11.9 Å². The van der Waals surface area contributed by atoms with Gasteiger partial charge in [-0.1, -0.05) is 42.0 Å². The Balaban J connectivity index is 1.45. The number of amides is 1. The fraction of sp³-hybridized carbons (Fsp3) is 0.115. The van der Waals surface area contributed by atoms with Crippen molar-refractivity contribution in [1.29, 1.82) is 0 Å². The molecule has 0 spiro atoms. The number of rotatable bonds is 7. The number of benzene rings is 3. The molecule has 4 rings (SSSR count). The molecule has 0 aliphatic rings. The van der Waals surface area contributed by atoms with Gasteiger partial charge in [-0.05, 0) is 48.9 Å². The summed E-state index contributed by atoms with van der Waals surface area (Å²) < 4.78 is 5.23. The van der Waals surface area contributed by atoms with Crippen LogP contribution < -0.4 is 15.4 Å². The Morgan fingerprint density at radius 1 is 0.938 bits per heavy atom. The topological polar surface area (TPSA) is 76.1 Å². The van der Waals surface area contributed by atoms with Crippen molar-refractivity contribution >= 4 is 17.4 Å². The van der Waals surface area contributed by atoms with Gasteiger partial charge in [0.1, 0.15) is 17.9 Å². The number of carbonyl (C=O) groups excluding carboxylic acids is 1. The fourth-order valence-electron chi connectivity index (χ4n) is 3.34. The molecule has 0 saturated heterocycles. The summed E-state index contributed by atoms with van der Waals surface area (Å²) in [5.41, 5.74) is 5.33. The molecule has 4 aromatic rings. The van der Waals surface area contributed by atoms with Gasteiger partial charge in [0.25, 0.3) is 5.91 Å². The molecule has 0 saturated carbocycles. The Morgan fingerprint density at radius 3 is 2.62 bits per heavy atom. The smallest absolute Gasteiger partial charge is 0.251 e. The molecule has 3 aromatic carbocycles. The van der Waals surface area contributed by atoms with Crippen molar-refractivity contribution in [2.24, 2.45) is 0 Å². The fourth-order valence-corrected chi connectivity index (χ4v) is 3.34. The van der Waals surface area contributed by atoms with Crippen LogP contribution in [0.2, 0.25) is 0 Å². The maximum absolute atomic E-state index is 12.7. The molecule has 160 valence electrons. The molecule has 0 unspecified atom stereocenters. The summed E-state index contributed by atoms with van der Waals surface area (Å²) in [7, 11) is 1.62. The van der Waals surface area contributed by atoms with Crippen molar-refractivity contribution < 1.29 is 9.53 Å². The minimum atomic E-state index is -0.153. The standard InChI is InChI=1S/C26H24N4O2/c1-18-6-3-8-20(12-18)24-15-25(29-17-28-24)30-22-10-5-9-21(14-22)26(31)27-16-19-7-4-11-23(13-19)32-2/h3-15,17H,16H2,1-2H3,(H,27,31)(H,28,29,30). The van der Waals surface area contributed by atoms with E-state index in [-0.39, 0.29) is 5.91 Å². The number of methoxy groups -OCH3 is 1. The summed E-state index contributed by atoms with van der Waals surface area (Å²) in [6.07, 6.45) is 1.53. The quantitative estimate of drug-likeness (QED) is 0.430. The first-order valence-corrected chi connectivity index (χ1v) is 10.3. The molecule has 1 aromatic heterocycles. The first-order valence-electron chi connectivity index (χ1n) is 10.3. The Hall–Kier alpha value is -4.19. The Labute approximate surface area is 187 Å². The van der Waals surface area contributed by atoms with Gasteiger partial charge >= 0.3 is 0 Å². The predicted molar refractivity (Wildman–Crippen MR) is 126 cm³/mol. The predicted octanol–water partition coefficient (Wildman–Crippen LogP) is 5.13. The van der Waals surface area contributed by atoms with E-state index < -0.39 is 0 Å². The highest BCUT2D eigenvalue weighted by Crippen LogP contribution is 2.22. The molecule has 6 nitrogen and oxygen atoms in total. The van der Waals surface area contributed by atoms with E-state index >= 15 is 0 Å². The molecule has 0 bridgehead atoms. The second-order valence-corrected chi connectivity index (χ2v) is 7.40. The van der Waals surface area contributed by atoms with E-state index in [1.54, 1.807) is 19.2 Å². The van der Waals surface area contributed by atoms with Crippen molar-refractivity contribution in [1.82, 2.24) is 15.3 Å². The average molecular weight is 425 g/mol. The average Bonchev–Trinajstić information content (AvgIpc) is 2.83. The lowest BCUT2D eigenvalue weighted by molar-refractivity contribution is 0.0951. The van der Waals surface area contributed by atoms with Crippen LogP contribution >= 0.6 is 0 Å². The molecule has 1 heterocycles. The SMILES string of the molecule is COc1cccc(CNC(=O)c2cccc(Nc3cc(-c4cccc(C)c4)ncn3)c2)c1. The number of nitrogens with zero attached hydrogens (tertiary/aromatic N) is 2. The number of hydrogen-bond acceptors (Lipinski definition) is 5. The lowest BCUT2D eigenvalue weighted by atomic mass is 10.1. The summed E-state index contributed by atoms with van der Waals surface area (Å²) in [5, 5.41) is 6.21. The van der Waals surface area contributed by atoms with Gasteiger partial charge in [0.05, 0.1) is 12.8 Å². The van der Waals surface area contributed by atoms with E-state index in [1.807, 2.05) is 54.6 Å². The number of nitrogens with one attached hydrogen (secondary N) is 2. The number of ether oxygens (including phenoxy) is 1. The van der Waals surface area contributed by atoms with E-state index in [4.69, 9.17) is 4.74 Å². The van der Waals surface area contributed by atoms with E-state index in [9.17, 15) is 4.79 Å². The van der Waals surface area contributed by atoms with Gasteiger partial charge in [-0.2, -0.15) is 0 Å². The Bertz CT molecular complexity index is 1240. The van der Waals surface area contributed by atoms with E-state index in [0.29, 0.717) is 17.9 Å². The number of carbonyl (C=O) groups is 1. The summed E-state index contributed by atoms with van der Waals surface area (Å²) in [6, 6.07) is 25.0. The monoisotopic (exact) mass is 424 g/mol. The van der Waals surface area contributed by atoms with Crippen molar-refractivity contribution in [3.63, 3.8) is 0 Å². The second-order valence-electron chi connectivity index (χ2n) is 7.40. The zero-order valence-electron chi connectivity index (χ0n) is 18.0. The zero-order valence-corrected chi connectivity index (χ0v) is 18.0. The van der Waals surface area contributed by atoms with Crippen LogP contribution in [0.1, 0.15) is 21.5 Å². The molecule has 32 heavy (non-hydrogen) atoms. The summed E-state index contributed by atoms with van der Waals surface area (Å²) in [5.74, 6) is 1.27. The molecular formula is C26H24N4O2. The summed E-state index contributed by atoms with van der Waals surface area (Å²) in [6.45, 7) is 2.47. The number of aryl methyl sites for hydroxylation is 1. The molecule has 2 N–H and O–H groups in total. The summed E-state index contributed by atoms with van der Waals surface area (Å²) in [4.78, 5) is 21.3. The first kappa shape index (κ1) is 21.1. The largest absolute Gasteiger partial charge is 0.497 e. The first-order chi connectivity index (χ1) is 15.6. The maximum atomic E-state index is 12.7. The van der Waals surface area contributed by atoms with Gasteiger partial charge in [0.2, 0.25) is 0 Å². The Morgan fingerprint density at radius 2 is 1.78 bits per heavy atom. The van der Waals surface area contributed by atoms with Crippen LogP contribution in [0.15, 0.2) is 85.2 Å². The third-order valence-electron chi connectivity index (χ3n) is 4.97. The van der Waals surface area contributed by atoms with E-state index in [0.717, 1.165) is 28.3 Å². The highest BCUT2D eigenvalue weighted by Gasteiger charge is 2.08. The number of anilines is 2. The molecule has 1 amide bonds. The third kappa shape index (κ3) is 5.29. The molecule has 0 radical (unpaired) electrons.